The molecule has 4 aromatic rings. The lowest BCUT2D eigenvalue weighted by molar-refractivity contribution is 0.0954. The van der Waals surface area contributed by atoms with Gasteiger partial charge in [-0.25, -0.2) is 4.79 Å². The van der Waals surface area contributed by atoms with Crippen LogP contribution < -0.4 is 16.6 Å². The summed E-state index contributed by atoms with van der Waals surface area (Å²) in [4.78, 5) is 43.5. The molecule has 1 aromatic carbocycles. The summed E-state index contributed by atoms with van der Waals surface area (Å²) in [6, 6.07) is 8.69. The molecule has 3 aromatic heterocycles. The van der Waals surface area contributed by atoms with E-state index in [2.05, 4.69) is 10.3 Å². The molecule has 0 aliphatic rings. The Morgan fingerprint density at radius 3 is 2.53 bits per heavy atom. The largest absolute Gasteiger partial charge is 0.347 e. The van der Waals surface area contributed by atoms with Gasteiger partial charge in [-0.3, -0.25) is 23.5 Å². The van der Waals surface area contributed by atoms with Gasteiger partial charge in [-0.15, -0.1) is 11.3 Å². The molecule has 0 saturated carbocycles. The molecule has 0 fully saturated rings. The van der Waals surface area contributed by atoms with E-state index >= 15 is 0 Å². The molecule has 0 bridgehead atoms. The van der Waals surface area contributed by atoms with Crippen molar-refractivity contribution in [3.05, 3.63) is 101 Å². The predicted octanol–water partition coefficient (Wildman–Crippen LogP) is 3.82. The first-order chi connectivity index (χ1) is 15.2. The molecule has 0 radical (unpaired) electrons. The molecule has 0 atom stereocenters. The number of hydrogen-bond acceptors (Lipinski definition) is 5. The lowest BCUT2D eigenvalue weighted by Crippen LogP contribution is -2.38. The lowest BCUT2D eigenvalue weighted by Gasteiger charge is -2.08. The van der Waals surface area contributed by atoms with E-state index in [0.717, 1.165) is 27.2 Å². The van der Waals surface area contributed by atoms with Gasteiger partial charge in [0.05, 0.1) is 16.6 Å². The number of thiazole rings is 1. The third-order valence-electron chi connectivity index (χ3n) is 4.97. The Kier molecular flexibility index (Phi) is 6.19. The van der Waals surface area contributed by atoms with Gasteiger partial charge in [-0.1, -0.05) is 35.3 Å². The molecule has 0 aliphatic heterocycles. The van der Waals surface area contributed by atoms with E-state index in [-0.39, 0.29) is 12.5 Å². The van der Waals surface area contributed by atoms with E-state index in [1.54, 1.807) is 31.3 Å². The number of rotatable bonds is 5. The van der Waals surface area contributed by atoms with Crippen LogP contribution in [0, 0.1) is 13.8 Å². The molecule has 0 aliphatic carbocycles. The molecular weight excluding hydrogens is 471 g/mol. The highest BCUT2D eigenvalue weighted by atomic mass is 35.5. The first kappa shape index (κ1) is 22.3. The predicted molar refractivity (Wildman–Crippen MR) is 126 cm³/mol. The quantitative estimate of drug-likeness (QED) is 0.462. The summed E-state index contributed by atoms with van der Waals surface area (Å²) in [6.45, 7) is 3.87. The fourth-order valence-electron chi connectivity index (χ4n) is 3.20. The van der Waals surface area contributed by atoms with Crippen LogP contribution in [0.3, 0.4) is 0 Å². The second-order valence-electron chi connectivity index (χ2n) is 7.31. The molecule has 1 amide bonds. The van der Waals surface area contributed by atoms with Crippen LogP contribution >= 0.6 is 34.5 Å². The zero-order chi connectivity index (χ0) is 23.0. The Hall–Kier alpha value is -2.94. The van der Waals surface area contributed by atoms with Gasteiger partial charge in [0.2, 0.25) is 0 Å². The van der Waals surface area contributed by atoms with Gasteiger partial charge < -0.3 is 5.32 Å². The van der Waals surface area contributed by atoms with Crippen molar-refractivity contribution in [3.8, 4) is 0 Å². The highest BCUT2D eigenvalue weighted by Gasteiger charge is 2.18. The third kappa shape index (κ3) is 4.34. The number of fused-ring (bicyclic) bond motifs is 1. The summed E-state index contributed by atoms with van der Waals surface area (Å²) in [5.74, 6) is -0.332. The normalized spacial score (nSPS) is 11.1. The molecule has 3 heterocycles. The first-order valence-corrected chi connectivity index (χ1v) is 11.2. The monoisotopic (exact) mass is 488 g/mol. The molecule has 164 valence electrons. The van der Waals surface area contributed by atoms with E-state index in [9.17, 15) is 14.4 Å². The maximum atomic E-state index is 13.0. The van der Waals surface area contributed by atoms with Crippen molar-refractivity contribution in [1.29, 1.82) is 0 Å². The van der Waals surface area contributed by atoms with E-state index < -0.39 is 11.2 Å². The summed E-state index contributed by atoms with van der Waals surface area (Å²) in [7, 11) is 0. The van der Waals surface area contributed by atoms with Crippen molar-refractivity contribution in [2.75, 3.05) is 0 Å². The fraction of sp³-hybridized carbons (Fsp3) is 0.182. The molecular formula is C22H18Cl2N4O3S. The smallest absolute Gasteiger partial charge is 0.336 e. The summed E-state index contributed by atoms with van der Waals surface area (Å²) in [6.07, 6.45) is 3.16. The molecule has 0 spiro atoms. The minimum atomic E-state index is -0.528. The standard InChI is InChI=1S/C22H18Cl2N4O3S/c1-12-3-4-15(8-25-12)9-26-19(29)18-11-28-21(32-18)13(2)20(30)27(22(28)31)10-14-5-6-16(23)17(24)7-14/h3-8,11H,9-10H2,1-2H3,(H,26,29). The van der Waals surface area contributed by atoms with Gasteiger partial charge >= 0.3 is 5.69 Å². The van der Waals surface area contributed by atoms with Crippen LogP contribution in [0.2, 0.25) is 10.0 Å². The van der Waals surface area contributed by atoms with Gasteiger partial charge in [-0.05, 0) is 43.2 Å². The fourth-order valence-corrected chi connectivity index (χ4v) is 4.52. The van der Waals surface area contributed by atoms with E-state index in [0.29, 0.717) is 37.4 Å². The topological polar surface area (TPSA) is 85.5 Å². The number of nitrogens with zero attached hydrogens (tertiary/aromatic N) is 3. The number of halogens is 2. The van der Waals surface area contributed by atoms with E-state index in [1.807, 2.05) is 19.1 Å². The Bertz CT molecular complexity index is 1460. The van der Waals surface area contributed by atoms with Crippen molar-refractivity contribution in [3.63, 3.8) is 0 Å². The number of carbonyl (C=O) groups is 1. The van der Waals surface area contributed by atoms with Crippen LogP contribution in [0.4, 0.5) is 0 Å². The maximum Gasteiger partial charge on any atom is 0.336 e. The van der Waals surface area contributed by atoms with Gasteiger partial charge in [0.15, 0.2) is 0 Å². The Morgan fingerprint density at radius 2 is 1.84 bits per heavy atom. The third-order valence-corrected chi connectivity index (χ3v) is 6.92. The number of hydrogen-bond donors (Lipinski definition) is 1. The molecule has 32 heavy (non-hydrogen) atoms. The second kappa shape index (κ2) is 8.90. The van der Waals surface area contributed by atoms with Gasteiger partial charge in [0.1, 0.15) is 9.71 Å². The minimum Gasteiger partial charge on any atom is -0.347 e. The van der Waals surface area contributed by atoms with Crippen molar-refractivity contribution >= 4 is 45.3 Å². The number of benzene rings is 1. The summed E-state index contributed by atoms with van der Waals surface area (Å²) < 4.78 is 2.45. The Morgan fingerprint density at radius 1 is 1.09 bits per heavy atom. The van der Waals surface area contributed by atoms with Crippen molar-refractivity contribution in [2.45, 2.75) is 26.9 Å². The van der Waals surface area contributed by atoms with Crippen LogP contribution in [0.1, 0.15) is 32.1 Å². The van der Waals surface area contributed by atoms with Gasteiger partial charge in [-0.2, -0.15) is 0 Å². The van der Waals surface area contributed by atoms with Gasteiger partial charge in [0.25, 0.3) is 11.5 Å². The van der Waals surface area contributed by atoms with Gasteiger partial charge in [0, 0.05) is 30.2 Å². The molecule has 0 unspecified atom stereocenters. The highest BCUT2D eigenvalue weighted by Crippen LogP contribution is 2.23. The number of amides is 1. The van der Waals surface area contributed by atoms with Crippen molar-refractivity contribution in [2.24, 2.45) is 0 Å². The molecule has 10 heteroatoms. The Labute approximate surface area is 196 Å². The molecule has 4 rings (SSSR count). The lowest BCUT2D eigenvalue weighted by atomic mass is 10.2. The average Bonchev–Trinajstić information content (AvgIpc) is 3.23. The minimum absolute atomic E-state index is 0.0378. The van der Waals surface area contributed by atoms with Crippen molar-refractivity contribution < 1.29 is 4.79 Å². The second-order valence-corrected chi connectivity index (χ2v) is 9.15. The summed E-state index contributed by atoms with van der Waals surface area (Å²) >= 11 is 13.1. The highest BCUT2D eigenvalue weighted by molar-refractivity contribution is 7.19. The van der Waals surface area contributed by atoms with Crippen LogP contribution in [0.25, 0.3) is 4.83 Å². The number of nitrogens with one attached hydrogen (secondary N) is 1. The molecule has 7 nitrogen and oxygen atoms in total. The zero-order valence-electron chi connectivity index (χ0n) is 17.2. The van der Waals surface area contributed by atoms with Crippen LogP contribution in [-0.4, -0.2) is 19.9 Å². The Balaban J connectivity index is 1.65. The SMILES string of the molecule is Cc1ccc(CNC(=O)c2cn3c(=O)n(Cc4ccc(Cl)c(Cl)c4)c(=O)c(C)c3s2)cn1. The summed E-state index contributed by atoms with van der Waals surface area (Å²) in [5, 5.41) is 3.55. The number of carbonyl (C=O) groups excluding carboxylic acids is 1. The van der Waals surface area contributed by atoms with Crippen LogP contribution in [-0.2, 0) is 13.1 Å². The van der Waals surface area contributed by atoms with Crippen LogP contribution in [0.5, 0.6) is 0 Å². The maximum absolute atomic E-state index is 13.0. The molecule has 1 N–H and O–H groups in total. The number of pyridine rings is 1. The average molecular weight is 489 g/mol. The summed E-state index contributed by atoms with van der Waals surface area (Å²) in [5.41, 5.74) is 1.86. The zero-order valence-corrected chi connectivity index (χ0v) is 19.5. The molecule has 0 saturated heterocycles. The number of aryl methyl sites for hydroxylation is 2. The van der Waals surface area contributed by atoms with E-state index in [4.69, 9.17) is 23.2 Å². The first-order valence-electron chi connectivity index (χ1n) is 9.64. The van der Waals surface area contributed by atoms with Crippen molar-refractivity contribution in [1.82, 2.24) is 19.3 Å². The number of aromatic nitrogens is 3. The van der Waals surface area contributed by atoms with Crippen LogP contribution in [0.15, 0.2) is 52.3 Å². The van der Waals surface area contributed by atoms with E-state index in [1.165, 1.54) is 10.6 Å².